The lowest BCUT2D eigenvalue weighted by atomic mass is 9.76. The molecule has 5 heteroatoms. The lowest BCUT2D eigenvalue weighted by molar-refractivity contribution is -0.181. The van der Waals surface area contributed by atoms with E-state index in [1.165, 1.54) is 0 Å². The summed E-state index contributed by atoms with van der Waals surface area (Å²) < 4.78 is 39.3. The zero-order valence-electron chi connectivity index (χ0n) is 8.55. The molecule has 1 saturated carbocycles. The fraction of sp³-hybridized carbons (Fsp3) is 0.900. The highest BCUT2D eigenvalue weighted by Crippen LogP contribution is 2.39. The monoisotopic (exact) mass is 224 g/mol. The van der Waals surface area contributed by atoms with Crippen LogP contribution < -0.4 is 0 Å². The van der Waals surface area contributed by atoms with E-state index in [-0.39, 0.29) is 5.92 Å². The Morgan fingerprint density at radius 3 is 2.40 bits per heavy atom. The van der Waals surface area contributed by atoms with E-state index in [0.29, 0.717) is 19.3 Å². The SMILES string of the molecule is CC1CCCCC1C(F)C(F)(F)C(=O)O. The zero-order valence-corrected chi connectivity index (χ0v) is 8.55. The van der Waals surface area contributed by atoms with Crippen LogP contribution in [-0.4, -0.2) is 23.2 Å². The minimum absolute atomic E-state index is 0.168. The van der Waals surface area contributed by atoms with E-state index >= 15 is 0 Å². The van der Waals surface area contributed by atoms with Gasteiger partial charge in [-0.3, -0.25) is 0 Å². The van der Waals surface area contributed by atoms with Gasteiger partial charge in [-0.05, 0) is 18.3 Å². The van der Waals surface area contributed by atoms with Crippen molar-refractivity contribution < 1.29 is 23.1 Å². The number of carboxylic acid groups (broad SMARTS) is 1. The Labute approximate surface area is 86.5 Å². The van der Waals surface area contributed by atoms with Gasteiger partial charge < -0.3 is 5.11 Å². The molecule has 0 aromatic carbocycles. The van der Waals surface area contributed by atoms with E-state index in [0.717, 1.165) is 6.42 Å². The van der Waals surface area contributed by atoms with Gasteiger partial charge in [0.25, 0.3) is 0 Å². The number of hydrogen-bond donors (Lipinski definition) is 1. The largest absolute Gasteiger partial charge is 0.477 e. The highest BCUT2D eigenvalue weighted by Gasteiger charge is 2.52. The van der Waals surface area contributed by atoms with E-state index < -0.39 is 24.0 Å². The molecule has 0 aromatic heterocycles. The van der Waals surface area contributed by atoms with Crippen LogP contribution in [0.1, 0.15) is 32.6 Å². The molecule has 1 N–H and O–H groups in total. The minimum Gasteiger partial charge on any atom is -0.477 e. The molecular weight excluding hydrogens is 209 g/mol. The highest BCUT2D eigenvalue weighted by atomic mass is 19.3. The molecule has 0 aliphatic heterocycles. The van der Waals surface area contributed by atoms with Gasteiger partial charge in [0, 0.05) is 0 Å². The maximum absolute atomic E-state index is 13.4. The van der Waals surface area contributed by atoms with Gasteiger partial charge >= 0.3 is 11.9 Å². The van der Waals surface area contributed by atoms with Crippen molar-refractivity contribution in [3.05, 3.63) is 0 Å². The van der Waals surface area contributed by atoms with Gasteiger partial charge in [0.05, 0.1) is 0 Å². The first-order valence-electron chi connectivity index (χ1n) is 5.12. The van der Waals surface area contributed by atoms with Crippen molar-refractivity contribution >= 4 is 5.97 Å². The molecule has 0 radical (unpaired) electrons. The standard InChI is InChI=1S/C10H15F3O2/c1-6-4-2-3-5-7(6)8(11)10(12,13)9(14)15/h6-8H,2-5H2,1H3,(H,14,15). The molecule has 1 rings (SSSR count). The first-order chi connectivity index (χ1) is 6.87. The van der Waals surface area contributed by atoms with E-state index in [1.807, 2.05) is 0 Å². The van der Waals surface area contributed by atoms with Crippen LogP contribution >= 0.6 is 0 Å². The normalized spacial score (nSPS) is 29.9. The van der Waals surface area contributed by atoms with Gasteiger partial charge in [-0.15, -0.1) is 0 Å². The fourth-order valence-electron chi connectivity index (χ4n) is 2.17. The summed E-state index contributed by atoms with van der Waals surface area (Å²) in [5, 5.41) is 8.24. The van der Waals surface area contributed by atoms with E-state index in [1.54, 1.807) is 6.92 Å². The summed E-state index contributed by atoms with van der Waals surface area (Å²) in [6, 6.07) is 0. The summed E-state index contributed by atoms with van der Waals surface area (Å²) in [5.74, 6) is -7.62. The molecule has 0 heterocycles. The fourth-order valence-corrected chi connectivity index (χ4v) is 2.17. The summed E-state index contributed by atoms with van der Waals surface area (Å²) in [4.78, 5) is 10.2. The highest BCUT2D eigenvalue weighted by molar-refractivity contribution is 5.76. The predicted octanol–water partition coefficient (Wildman–Crippen LogP) is 2.87. The quantitative estimate of drug-likeness (QED) is 0.800. The summed E-state index contributed by atoms with van der Waals surface area (Å²) in [6.07, 6.45) is 0.0884. The van der Waals surface area contributed by atoms with E-state index in [4.69, 9.17) is 5.11 Å². The second-order valence-electron chi connectivity index (χ2n) is 4.26. The molecule has 88 valence electrons. The number of carboxylic acids is 1. The third kappa shape index (κ3) is 2.44. The van der Waals surface area contributed by atoms with Crippen LogP contribution in [0.3, 0.4) is 0 Å². The molecule has 0 amide bonds. The summed E-state index contributed by atoms with van der Waals surface area (Å²) in [6.45, 7) is 1.70. The third-order valence-corrected chi connectivity index (χ3v) is 3.19. The third-order valence-electron chi connectivity index (χ3n) is 3.19. The summed E-state index contributed by atoms with van der Waals surface area (Å²) in [7, 11) is 0. The van der Waals surface area contributed by atoms with Crippen molar-refractivity contribution in [3.63, 3.8) is 0 Å². The van der Waals surface area contributed by atoms with Crippen molar-refractivity contribution in [2.24, 2.45) is 11.8 Å². The smallest absolute Gasteiger partial charge is 0.377 e. The second kappa shape index (κ2) is 4.41. The molecule has 1 aliphatic carbocycles. The molecule has 0 spiro atoms. The first kappa shape index (κ1) is 12.3. The molecule has 3 atom stereocenters. The van der Waals surface area contributed by atoms with Gasteiger partial charge in [-0.2, -0.15) is 8.78 Å². The number of carbonyl (C=O) groups is 1. The molecular formula is C10H15F3O2. The maximum atomic E-state index is 13.4. The predicted molar refractivity (Wildman–Crippen MR) is 48.6 cm³/mol. The van der Waals surface area contributed by atoms with Crippen LogP contribution in [0, 0.1) is 11.8 Å². The number of aliphatic carboxylic acids is 1. The Balaban J connectivity index is 2.73. The van der Waals surface area contributed by atoms with Gasteiger partial charge in [0.2, 0.25) is 0 Å². The summed E-state index contributed by atoms with van der Waals surface area (Å²) >= 11 is 0. The van der Waals surface area contributed by atoms with Crippen LogP contribution in [0.15, 0.2) is 0 Å². The van der Waals surface area contributed by atoms with Crippen LogP contribution in [0.4, 0.5) is 13.2 Å². The maximum Gasteiger partial charge on any atom is 0.377 e. The van der Waals surface area contributed by atoms with Crippen LogP contribution in [0.5, 0.6) is 0 Å². The Morgan fingerprint density at radius 2 is 1.93 bits per heavy atom. The molecule has 3 unspecified atom stereocenters. The zero-order chi connectivity index (χ0) is 11.6. The van der Waals surface area contributed by atoms with E-state index in [9.17, 15) is 18.0 Å². The average Bonchev–Trinajstić information content (AvgIpc) is 2.17. The second-order valence-corrected chi connectivity index (χ2v) is 4.26. The van der Waals surface area contributed by atoms with Gasteiger partial charge in [0.15, 0.2) is 6.17 Å². The number of halogens is 3. The molecule has 0 bridgehead atoms. The van der Waals surface area contributed by atoms with Gasteiger partial charge in [-0.1, -0.05) is 26.2 Å². The molecule has 0 saturated heterocycles. The lowest BCUT2D eigenvalue weighted by Crippen LogP contribution is -2.45. The Kier molecular flexibility index (Phi) is 3.62. The Hall–Kier alpha value is -0.740. The first-order valence-corrected chi connectivity index (χ1v) is 5.12. The minimum atomic E-state index is -4.25. The van der Waals surface area contributed by atoms with Crippen molar-refractivity contribution in [1.82, 2.24) is 0 Å². The van der Waals surface area contributed by atoms with E-state index in [2.05, 4.69) is 0 Å². The number of alkyl halides is 3. The van der Waals surface area contributed by atoms with Gasteiger partial charge in [0.1, 0.15) is 0 Å². The number of hydrogen-bond acceptors (Lipinski definition) is 1. The molecule has 0 aromatic rings. The summed E-state index contributed by atoms with van der Waals surface area (Å²) in [5.41, 5.74) is 0. The van der Waals surface area contributed by atoms with Crippen LogP contribution in [-0.2, 0) is 4.79 Å². The van der Waals surface area contributed by atoms with Crippen molar-refractivity contribution in [2.45, 2.75) is 44.7 Å². The topological polar surface area (TPSA) is 37.3 Å². The number of rotatable bonds is 3. The van der Waals surface area contributed by atoms with Crippen LogP contribution in [0.25, 0.3) is 0 Å². The van der Waals surface area contributed by atoms with Gasteiger partial charge in [-0.25, -0.2) is 9.18 Å². The Morgan fingerprint density at radius 1 is 1.40 bits per heavy atom. The lowest BCUT2D eigenvalue weighted by Gasteiger charge is -2.33. The van der Waals surface area contributed by atoms with Crippen molar-refractivity contribution in [1.29, 1.82) is 0 Å². The average molecular weight is 224 g/mol. The molecule has 2 nitrogen and oxygen atoms in total. The van der Waals surface area contributed by atoms with Crippen LogP contribution in [0.2, 0.25) is 0 Å². The van der Waals surface area contributed by atoms with Crippen molar-refractivity contribution in [2.75, 3.05) is 0 Å². The molecule has 1 aliphatic rings. The Bertz CT molecular complexity index is 243. The van der Waals surface area contributed by atoms with Crippen molar-refractivity contribution in [3.8, 4) is 0 Å². The molecule has 15 heavy (non-hydrogen) atoms. The molecule has 1 fully saturated rings.